The van der Waals surface area contributed by atoms with Crippen molar-refractivity contribution in [2.45, 2.75) is 32.2 Å². The van der Waals surface area contributed by atoms with E-state index in [0.29, 0.717) is 24.3 Å². The van der Waals surface area contributed by atoms with Gasteiger partial charge in [-0.05, 0) is 61.8 Å². The van der Waals surface area contributed by atoms with Crippen LogP contribution in [0.25, 0.3) is 0 Å². The number of carbonyl (C=O) groups is 2. The predicted octanol–water partition coefficient (Wildman–Crippen LogP) is 4.01. The third-order valence-corrected chi connectivity index (χ3v) is 7.25. The molecule has 0 radical (unpaired) electrons. The third-order valence-electron chi connectivity index (χ3n) is 7.25. The molecule has 2 aromatic heterocycles. The number of ether oxygens (including phenoxy) is 1. The summed E-state index contributed by atoms with van der Waals surface area (Å²) in [5, 5.41) is 2.86. The maximum Gasteiger partial charge on any atom is 0.416 e. The molecular formula is C29H36N6O3. The van der Waals surface area contributed by atoms with E-state index < -0.39 is 6.09 Å². The highest BCUT2D eigenvalue weighted by Gasteiger charge is 2.23. The summed E-state index contributed by atoms with van der Waals surface area (Å²) in [6, 6.07) is 15.1. The van der Waals surface area contributed by atoms with Crippen LogP contribution in [-0.2, 0) is 13.0 Å². The molecule has 38 heavy (non-hydrogen) atoms. The van der Waals surface area contributed by atoms with E-state index in [2.05, 4.69) is 31.2 Å². The standard InChI is InChI=1S/C29H36N6O3/c36-28(24-8-6-23(7-9-24)22-34-14-2-1-3-15-34)32-26-10-11-27(31-21-26)38-29(37)35-19-17-33(18-20-35)16-12-25-5-4-13-30-25/h4-11,13,21,30H,1-3,12,14-20,22H2,(H,32,36). The number of nitrogens with one attached hydrogen (secondary N) is 2. The van der Waals surface area contributed by atoms with E-state index in [4.69, 9.17) is 4.74 Å². The first kappa shape index (κ1) is 25.9. The van der Waals surface area contributed by atoms with Crippen LogP contribution in [0.2, 0.25) is 0 Å². The number of likely N-dealkylation sites (tertiary alicyclic amines) is 1. The van der Waals surface area contributed by atoms with Gasteiger partial charge in [-0.15, -0.1) is 0 Å². The summed E-state index contributed by atoms with van der Waals surface area (Å²) in [4.78, 5) is 39.2. The number of carbonyl (C=O) groups excluding carboxylic acids is 2. The van der Waals surface area contributed by atoms with Gasteiger partial charge in [0.1, 0.15) is 0 Å². The van der Waals surface area contributed by atoms with Crippen molar-refractivity contribution in [3.63, 3.8) is 0 Å². The zero-order valence-electron chi connectivity index (χ0n) is 21.8. The van der Waals surface area contributed by atoms with Gasteiger partial charge in [-0.1, -0.05) is 18.6 Å². The van der Waals surface area contributed by atoms with Crippen LogP contribution in [0.1, 0.15) is 40.9 Å². The molecule has 2 N–H and O–H groups in total. The molecule has 2 aliphatic heterocycles. The van der Waals surface area contributed by atoms with Gasteiger partial charge in [-0.25, -0.2) is 9.78 Å². The fourth-order valence-corrected chi connectivity index (χ4v) is 4.96. The molecule has 2 amide bonds. The van der Waals surface area contributed by atoms with Gasteiger partial charge in [0.05, 0.1) is 11.9 Å². The smallest absolute Gasteiger partial charge is 0.391 e. The fourth-order valence-electron chi connectivity index (χ4n) is 4.96. The molecule has 0 unspecified atom stereocenters. The number of anilines is 1. The minimum Gasteiger partial charge on any atom is -0.391 e. The normalized spacial score (nSPS) is 16.8. The molecule has 2 saturated heterocycles. The molecule has 9 nitrogen and oxygen atoms in total. The SMILES string of the molecule is O=C(Nc1ccc(OC(=O)N2CCN(CCc3ccc[nH]3)CC2)nc1)c1ccc(CN2CCCCC2)cc1. The first-order valence-corrected chi connectivity index (χ1v) is 13.5. The number of pyridine rings is 1. The van der Waals surface area contributed by atoms with Gasteiger partial charge in [0.25, 0.3) is 5.91 Å². The lowest BCUT2D eigenvalue weighted by Crippen LogP contribution is -2.50. The number of aromatic amines is 1. The number of piperazine rings is 1. The van der Waals surface area contributed by atoms with Crippen molar-refractivity contribution in [1.82, 2.24) is 24.7 Å². The van der Waals surface area contributed by atoms with Gasteiger partial charge in [0, 0.05) is 69.2 Å². The molecular weight excluding hydrogens is 480 g/mol. The molecule has 0 aliphatic carbocycles. The van der Waals surface area contributed by atoms with E-state index in [1.807, 2.05) is 36.5 Å². The molecule has 4 heterocycles. The third kappa shape index (κ3) is 7.20. The van der Waals surface area contributed by atoms with Crippen LogP contribution < -0.4 is 10.1 Å². The average molecular weight is 517 g/mol. The second-order valence-electron chi connectivity index (χ2n) is 10.0. The summed E-state index contributed by atoms with van der Waals surface area (Å²) >= 11 is 0. The first-order valence-electron chi connectivity index (χ1n) is 13.5. The monoisotopic (exact) mass is 516 g/mol. The zero-order valence-corrected chi connectivity index (χ0v) is 21.8. The molecule has 9 heteroatoms. The van der Waals surface area contributed by atoms with Gasteiger partial charge in [-0.3, -0.25) is 14.6 Å². The molecule has 5 rings (SSSR count). The number of nitrogens with zero attached hydrogens (tertiary/aromatic N) is 4. The topological polar surface area (TPSA) is 93.8 Å². The number of piperidine rings is 1. The molecule has 0 saturated carbocycles. The van der Waals surface area contributed by atoms with Gasteiger partial charge in [-0.2, -0.15) is 0 Å². The Morgan fingerprint density at radius 2 is 1.68 bits per heavy atom. The predicted molar refractivity (Wildman–Crippen MR) is 146 cm³/mol. The van der Waals surface area contributed by atoms with Crippen LogP contribution in [0.5, 0.6) is 5.88 Å². The van der Waals surface area contributed by atoms with Crippen LogP contribution in [0, 0.1) is 0 Å². The highest BCUT2D eigenvalue weighted by Crippen LogP contribution is 2.17. The maximum absolute atomic E-state index is 12.7. The summed E-state index contributed by atoms with van der Waals surface area (Å²) in [5.74, 6) is 0.0134. The van der Waals surface area contributed by atoms with Crippen molar-refractivity contribution in [2.24, 2.45) is 0 Å². The Balaban J connectivity index is 1.05. The van der Waals surface area contributed by atoms with Crippen molar-refractivity contribution in [3.05, 3.63) is 77.7 Å². The molecule has 200 valence electrons. The number of amides is 2. The van der Waals surface area contributed by atoms with Crippen LogP contribution in [0.4, 0.5) is 10.5 Å². The summed E-state index contributed by atoms with van der Waals surface area (Å²) in [7, 11) is 0. The summed E-state index contributed by atoms with van der Waals surface area (Å²) in [6.07, 6.45) is 7.85. The van der Waals surface area contributed by atoms with E-state index in [-0.39, 0.29) is 11.8 Å². The van der Waals surface area contributed by atoms with Crippen molar-refractivity contribution < 1.29 is 14.3 Å². The fraction of sp³-hybridized carbons (Fsp3) is 0.414. The van der Waals surface area contributed by atoms with Crippen molar-refractivity contribution in [2.75, 3.05) is 51.1 Å². The summed E-state index contributed by atoms with van der Waals surface area (Å²) in [6.45, 7) is 7.04. The van der Waals surface area contributed by atoms with Gasteiger partial charge in [0.15, 0.2) is 0 Å². The Morgan fingerprint density at radius 1 is 0.895 bits per heavy atom. The minimum atomic E-state index is -0.400. The number of hydrogen-bond acceptors (Lipinski definition) is 6. The van der Waals surface area contributed by atoms with E-state index >= 15 is 0 Å². The Kier molecular flexibility index (Phi) is 8.67. The maximum atomic E-state index is 12.7. The Labute approximate surface area is 223 Å². The molecule has 0 spiro atoms. The van der Waals surface area contributed by atoms with Crippen molar-refractivity contribution in [3.8, 4) is 5.88 Å². The van der Waals surface area contributed by atoms with Crippen LogP contribution in [-0.4, -0.2) is 82.5 Å². The molecule has 0 bridgehead atoms. The number of benzene rings is 1. The average Bonchev–Trinajstić information content (AvgIpc) is 3.48. The number of H-pyrrole nitrogens is 1. The number of rotatable bonds is 8. The number of aromatic nitrogens is 2. The van der Waals surface area contributed by atoms with Gasteiger partial charge >= 0.3 is 6.09 Å². The lowest BCUT2D eigenvalue weighted by molar-refractivity contribution is 0.102. The van der Waals surface area contributed by atoms with E-state index in [9.17, 15) is 9.59 Å². The van der Waals surface area contributed by atoms with Crippen molar-refractivity contribution >= 4 is 17.7 Å². The Bertz CT molecular complexity index is 1170. The molecule has 2 aliphatic rings. The zero-order chi connectivity index (χ0) is 26.2. The first-order chi connectivity index (χ1) is 18.6. The van der Waals surface area contributed by atoms with Crippen LogP contribution in [0.15, 0.2) is 60.9 Å². The van der Waals surface area contributed by atoms with E-state index in [1.165, 1.54) is 36.7 Å². The second kappa shape index (κ2) is 12.7. The lowest BCUT2D eigenvalue weighted by Gasteiger charge is -2.33. The summed E-state index contributed by atoms with van der Waals surface area (Å²) < 4.78 is 5.46. The van der Waals surface area contributed by atoms with E-state index in [1.54, 1.807) is 17.0 Å². The largest absolute Gasteiger partial charge is 0.416 e. The van der Waals surface area contributed by atoms with Gasteiger partial charge < -0.3 is 19.9 Å². The highest BCUT2D eigenvalue weighted by molar-refractivity contribution is 6.04. The lowest BCUT2D eigenvalue weighted by atomic mass is 10.1. The quantitative estimate of drug-likeness (QED) is 0.470. The molecule has 1 aromatic carbocycles. The second-order valence-corrected chi connectivity index (χ2v) is 10.0. The Hall–Kier alpha value is -3.69. The van der Waals surface area contributed by atoms with Crippen LogP contribution in [0.3, 0.4) is 0 Å². The Morgan fingerprint density at radius 3 is 2.37 bits per heavy atom. The van der Waals surface area contributed by atoms with Crippen molar-refractivity contribution in [1.29, 1.82) is 0 Å². The van der Waals surface area contributed by atoms with Crippen LogP contribution >= 0.6 is 0 Å². The van der Waals surface area contributed by atoms with E-state index in [0.717, 1.165) is 45.7 Å². The molecule has 3 aromatic rings. The molecule has 0 atom stereocenters. The minimum absolute atomic E-state index is 0.199. The molecule has 2 fully saturated rings. The highest BCUT2D eigenvalue weighted by atomic mass is 16.6. The number of hydrogen-bond donors (Lipinski definition) is 2. The summed E-state index contributed by atoms with van der Waals surface area (Å²) in [5.41, 5.74) is 3.57. The van der Waals surface area contributed by atoms with Gasteiger partial charge in [0.2, 0.25) is 5.88 Å².